The molecule has 1 amide bonds. The summed E-state index contributed by atoms with van der Waals surface area (Å²) in [5.74, 6) is 0.0785. The monoisotopic (exact) mass is 375 g/mol. The van der Waals surface area contributed by atoms with Gasteiger partial charge in [0.1, 0.15) is 0 Å². The largest absolute Gasteiger partial charge is 0.325 e. The molecule has 2 nitrogen and oxygen atoms in total. The molecule has 1 saturated carbocycles. The molecule has 0 saturated heterocycles. The fourth-order valence-electron chi connectivity index (χ4n) is 4.02. The zero-order chi connectivity index (χ0) is 18.7. The first-order chi connectivity index (χ1) is 13.2. The van der Waals surface area contributed by atoms with Crippen LogP contribution in [0.1, 0.15) is 31.2 Å². The third kappa shape index (κ3) is 3.63. The Kier molecular flexibility index (Phi) is 5.00. The highest BCUT2D eigenvalue weighted by atomic mass is 35.5. The van der Waals surface area contributed by atoms with E-state index in [1.165, 1.54) is 5.56 Å². The number of hydrogen-bond acceptors (Lipinski definition) is 1. The molecule has 1 N–H and O–H groups in total. The molecule has 0 heterocycles. The third-order valence-corrected chi connectivity index (χ3v) is 5.79. The van der Waals surface area contributed by atoms with Crippen LogP contribution in [0.25, 0.3) is 11.1 Å². The van der Waals surface area contributed by atoms with Crippen LogP contribution in [0.5, 0.6) is 0 Å². The van der Waals surface area contributed by atoms with Crippen LogP contribution in [0.3, 0.4) is 0 Å². The maximum absolute atomic E-state index is 13.2. The zero-order valence-corrected chi connectivity index (χ0v) is 15.9. The molecule has 0 radical (unpaired) electrons. The van der Waals surface area contributed by atoms with Crippen LogP contribution in [0, 0.1) is 0 Å². The van der Waals surface area contributed by atoms with E-state index < -0.39 is 5.41 Å². The molecule has 1 aliphatic carbocycles. The van der Waals surface area contributed by atoms with Gasteiger partial charge < -0.3 is 5.32 Å². The molecule has 0 unspecified atom stereocenters. The molecule has 3 heteroatoms. The quantitative estimate of drug-likeness (QED) is 0.557. The number of carbonyl (C=O) groups excluding carboxylic acids is 1. The molecule has 136 valence electrons. The lowest BCUT2D eigenvalue weighted by Crippen LogP contribution is -2.37. The number of amides is 1. The summed E-state index contributed by atoms with van der Waals surface area (Å²) in [6, 6.07) is 26.0. The van der Waals surface area contributed by atoms with Gasteiger partial charge in [-0.15, -0.1) is 0 Å². The maximum Gasteiger partial charge on any atom is 0.235 e. The highest BCUT2D eigenvalue weighted by Crippen LogP contribution is 2.42. The van der Waals surface area contributed by atoms with Crippen molar-refractivity contribution in [1.29, 1.82) is 0 Å². The topological polar surface area (TPSA) is 29.1 Å². The Bertz CT molecular complexity index is 911. The first kappa shape index (κ1) is 17.8. The molecule has 4 rings (SSSR count). The Morgan fingerprint density at radius 1 is 0.778 bits per heavy atom. The number of anilines is 1. The van der Waals surface area contributed by atoms with E-state index in [2.05, 4.69) is 29.6 Å². The Labute approximate surface area is 165 Å². The van der Waals surface area contributed by atoms with E-state index in [0.29, 0.717) is 5.02 Å². The van der Waals surface area contributed by atoms with Crippen LogP contribution in [-0.2, 0) is 10.2 Å². The Balaban J connectivity index is 1.56. The summed E-state index contributed by atoms with van der Waals surface area (Å²) >= 11 is 6.04. The second kappa shape index (κ2) is 7.58. The van der Waals surface area contributed by atoms with Gasteiger partial charge in [-0.05, 0) is 53.8 Å². The van der Waals surface area contributed by atoms with Crippen LogP contribution in [0.15, 0.2) is 78.9 Å². The molecule has 0 aromatic heterocycles. The lowest BCUT2D eigenvalue weighted by molar-refractivity contribution is -0.121. The Hall–Kier alpha value is -2.58. The fourth-order valence-corrected chi connectivity index (χ4v) is 4.15. The second-order valence-electron chi connectivity index (χ2n) is 7.19. The van der Waals surface area contributed by atoms with Gasteiger partial charge in [0.2, 0.25) is 5.91 Å². The summed E-state index contributed by atoms with van der Waals surface area (Å²) in [7, 11) is 0. The van der Waals surface area contributed by atoms with E-state index >= 15 is 0 Å². The minimum atomic E-state index is -0.456. The van der Waals surface area contributed by atoms with E-state index in [0.717, 1.165) is 42.5 Å². The number of halogens is 1. The first-order valence-corrected chi connectivity index (χ1v) is 9.78. The van der Waals surface area contributed by atoms with Gasteiger partial charge in [-0.3, -0.25) is 4.79 Å². The van der Waals surface area contributed by atoms with Crippen molar-refractivity contribution >= 4 is 23.2 Å². The highest BCUT2D eigenvalue weighted by molar-refractivity contribution is 6.30. The van der Waals surface area contributed by atoms with E-state index in [9.17, 15) is 4.79 Å². The second-order valence-corrected chi connectivity index (χ2v) is 7.63. The number of rotatable bonds is 4. The van der Waals surface area contributed by atoms with E-state index in [-0.39, 0.29) is 5.91 Å². The summed E-state index contributed by atoms with van der Waals surface area (Å²) in [5, 5.41) is 3.84. The first-order valence-electron chi connectivity index (χ1n) is 9.40. The Morgan fingerprint density at radius 2 is 1.37 bits per heavy atom. The molecule has 0 bridgehead atoms. The standard InChI is InChI=1S/C24H22ClNO/c25-21-12-10-20(11-13-21)24(16-4-5-17-24)23(27)26-22-14-8-19(9-15-22)18-6-2-1-3-7-18/h1-3,6-15H,4-5,16-17H2,(H,26,27). The zero-order valence-electron chi connectivity index (χ0n) is 15.1. The minimum Gasteiger partial charge on any atom is -0.325 e. The van der Waals surface area contributed by atoms with Crippen molar-refractivity contribution in [2.75, 3.05) is 5.32 Å². The van der Waals surface area contributed by atoms with Gasteiger partial charge >= 0.3 is 0 Å². The molecule has 0 atom stereocenters. The van der Waals surface area contributed by atoms with Crippen molar-refractivity contribution in [2.24, 2.45) is 0 Å². The minimum absolute atomic E-state index is 0.0785. The fraction of sp³-hybridized carbons (Fsp3) is 0.208. The average Bonchev–Trinajstić information content (AvgIpc) is 3.21. The van der Waals surface area contributed by atoms with E-state index in [1.807, 2.05) is 54.6 Å². The lowest BCUT2D eigenvalue weighted by Gasteiger charge is -2.28. The predicted molar refractivity (Wildman–Crippen MR) is 112 cm³/mol. The summed E-state index contributed by atoms with van der Waals surface area (Å²) < 4.78 is 0. The normalized spacial score (nSPS) is 15.4. The maximum atomic E-state index is 13.2. The van der Waals surface area contributed by atoms with Gasteiger partial charge in [-0.25, -0.2) is 0 Å². The van der Waals surface area contributed by atoms with Crippen molar-refractivity contribution < 1.29 is 4.79 Å². The van der Waals surface area contributed by atoms with Gasteiger partial charge in [0.25, 0.3) is 0 Å². The summed E-state index contributed by atoms with van der Waals surface area (Å²) in [6.07, 6.45) is 3.90. The van der Waals surface area contributed by atoms with Crippen molar-refractivity contribution in [2.45, 2.75) is 31.1 Å². The molecule has 0 spiro atoms. The van der Waals surface area contributed by atoms with Crippen LogP contribution >= 0.6 is 11.6 Å². The van der Waals surface area contributed by atoms with E-state index in [1.54, 1.807) is 0 Å². The van der Waals surface area contributed by atoms with Crippen LogP contribution in [0.2, 0.25) is 5.02 Å². The average molecular weight is 376 g/mol. The molecular weight excluding hydrogens is 354 g/mol. The van der Waals surface area contributed by atoms with Crippen molar-refractivity contribution in [3.05, 3.63) is 89.4 Å². The van der Waals surface area contributed by atoms with Gasteiger partial charge in [-0.1, -0.05) is 79.0 Å². The van der Waals surface area contributed by atoms with Crippen molar-refractivity contribution in [3.8, 4) is 11.1 Å². The lowest BCUT2D eigenvalue weighted by atomic mass is 9.78. The van der Waals surface area contributed by atoms with Gasteiger partial charge in [0, 0.05) is 10.7 Å². The molecular formula is C24H22ClNO. The molecule has 0 aliphatic heterocycles. The summed E-state index contributed by atoms with van der Waals surface area (Å²) in [4.78, 5) is 13.2. The molecule has 1 aliphatic rings. The van der Waals surface area contributed by atoms with Crippen LogP contribution in [0.4, 0.5) is 5.69 Å². The van der Waals surface area contributed by atoms with Gasteiger partial charge in [0.15, 0.2) is 0 Å². The highest BCUT2D eigenvalue weighted by Gasteiger charge is 2.42. The van der Waals surface area contributed by atoms with Crippen LogP contribution in [-0.4, -0.2) is 5.91 Å². The molecule has 1 fully saturated rings. The van der Waals surface area contributed by atoms with Crippen molar-refractivity contribution in [3.63, 3.8) is 0 Å². The smallest absolute Gasteiger partial charge is 0.235 e. The summed E-state index contributed by atoms with van der Waals surface area (Å²) in [5.41, 5.74) is 3.75. The van der Waals surface area contributed by atoms with Gasteiger partial charge in [-0.2, -0.15) is 0 Å². The molecule has 27 heavy (non-hydrogen) atoms. The molecule has 3 aromatic rings. The number of benzene rings is 3. The third-order valence-electron chi connectivity index (χ3n) is 5.54. The van der Waals surface area contributed by atoms with Crippen LogP contribution < -0.4 is 5.32 Å². The van der Waals surface area contributed by atoms with Gasteiger partial charge in [0.05, 0.1) is 5.41 Å². The number of nitrogens with one attached hydrogen (secondary N) is 1. The summed E-state index contributed by atoms with van der Waals surface area (Å²) in [6.45, 7) is 0. The number of carbonyl (C=O) groups is 1. The van der Waals surface area contributed by atoms with E-state index in [4.69, 9.17) is 11.6 Å². The molecule has 3 aromatic carbocycles. The Morgan fingerprint density at radius 3 is 2.00 bits per heavy atom. The number of hydrogen-bond donors (Lipinski definition) is 1. The SMILES string of the molecule is O=C(Nc1ccc(-c2ccccc2)cc1)C1(c2ccc(Cl)cc2)CCCC1. The predicted octanol–water partition coefficient (Wildman–Crippen LogP) is 6.46. The van der Waals surface area contributed by atoms with Crippen molar-refractivity contribution in [1.82, 2.24) is 0 Å².